The Bertz CT molecular complexity index is 540. The average Bonchev–Trinajstić information content (AvgIpc) is 2.51. The second kappa shape index (κ2) is 7.49. The molecule has 1 fully saturated rings. The maximum Gasteiger partial charge on any atom is 0.312 e. The van der Waals surface area contributed by atoms with Crippen LogP contribution >= 0.6 is 0 Å². The summed E-state index contributed by atoms with van der Waals surface area (Å²) in [5.74, 6) is -0.114. The van der Waals surface area contributed by atoms with Gasteiger partial charge in [-0.2, -0.15) is 0 Å². The zero-order chi connectivity index (χ0) is 16.9. The van der Waals surface area contributed by atoms with E-state index in [0.29, 0.717) is 6.54 Å². The van der Waals surface area contributed by atoms with E-state index in [1.54, 1.807) is 0 Å². The molecule has 0 aliphatic heterocycles. The first-order valence-electron chi connectivity index (χ1n) is 8.38. The molecule has 1 aliphatic rings. The SMILES string of the molecule is CC[C@H](C)[C@H](NC(N)=O)C(=O)NCC1(c2ccccc2)CCC1. The molecule has 23 heavy (non-hydrogen) atoms. The van der Waals surface area contributed by atoms with Gasteiger partial charge in [0, 0.05) is 12.0 Å². The van der Waals surface area contributed by atoms with E-state index in [9.17, 15) is 9.59 Å². The van der Waals surface area contributed by atoms with Crippen LogP contribution in [-0.4, -0.2) is 24.5 Å². The highest BCUT2D eigenvalue weighted by Gasteiger charge is 2.39. The Kier molecular flexibility index (Phi) is 5.64. The van der Waals surface area contributed by atoms with Crippen LogP contribution in [0.4, 0.5) is 4.79 Å². The summed E-state index contributed by atoms with van der Waals surface area (Å²) in [6, 6.07) is 9.08. The van der Waals surface area contributed by atoms with E-state index in [1.165, 1.54) is 12.0 Å². The van der Waals surface area contributed by atoms with E-state index in [2.05, 4.69) is 22.8 Å². The van der Waals surface area contributed by atoms with Gasteiger partial charge in [-0.3, -0.25) is 4.79 Å². The van der Waals surface area contributed by atoms with E-state index in [-0.39, 0.29) is 17.2 Å². The van der Waals surface area contributed by atoms with Crippen LogP contribution in [0.15, 0.2) is 30.3 Å². The van der Waals surface area contributed by atoms with Crippen molar-refractivity contribution >= 4 is 11.9 Å². The van der Waals surface area contributed by atoms with Gasteiger partial charge in [-0.1, -0.05) is 57.0 Å². The predicted molar refractivity (Wildman–Crippen MR) is 90.9 cm³/mol. The highest BCUT2D eigenvalue weighted by molar-refractivity contribution is 5.86. The average molecular weight is 317 g/mol. The lowest BCUT2D eigenvalue weighted by Gasteiger charge is -2.43. The highest BCUT2D eigenvalue weighted by Crippen LogP contribution is 2.43. The summed E-state index contributed by atoms with van der Waals surface area (Å²) in [6.07, 6.45) is 4.13. The molecule has 1 aliphatic carbocycles. The Morgan fingerprint density at radius 1 is 1.26 bits per heavy atom. The first-order valence-corrected chi connectivity index (χ1v) is 8.38. The predicted octanol–water partition coefficient (Wildman–Crippen LogP) is 2.31. The maximum atomic E-state index is 12.5. The molecular weight excluding hydrogens is 290 g/mol. The molecule has 3 amide bonds. The Hall–Kier alpha value is -2.04. The molecule has 4 N–H and O–H groups in total. The summed E-state index contributed by atoms with van der Waals surface area (Å²) < 4.78 is 0. The molecule has 0 aromatic heterocycles. The van der Waals surface area contributed by atoms with E-state index >= 15 is 0 Å². The van der Waals surface area contributed by atoms with Gasteiger partial charge < -0.3 is 16.4 Å². The molecule has 1 aromatic rings. The fourth-order valence-corrected chi connectivity index (χ4v) is 3.18. The lowest BCUT2D eigenvalue weighted by atomic mass is 9.64. The van der Waals surface area contributed by atoms with E-state index in [1.807, 2.05) is 32.0 Å². The molecule has 1 saturated carbocycles. The fraction of sp³-hybridized carbons (Fsp3) is 0.556. The lowest BCUT2D eigenvalue weighted by molar-refractivity contribution is -0.124. The molecule has 126 valence electrons. The first-order chi connectivity index (χ1) is 11.0. The van der Waals surface area contributed by atoms with Gasteiger partial charge in [0.1, 0.15) is 6.04 Å². The number of nitrogens with two attached hydrogens (primary N) is 1. The Labute approximate surface area is 138 Å². The van der Waals surface area contributed by atoms with E-state index < -0.39 is 12.1 Å². The van der Waals surface area contributed by atoms with Crippen molar-refractivity contribution in [1.82, 2.24) is 10.6 Å². The number of urea groups is 1. The monoisotopic (exact) mass is 317 g/mol. The number of hydrogen-bond acceptors (Lipinski definition) is 2. The van der Waals surface area contributed by atoms with Crippen molar-refractivity contribution < 1.29 is 9.59 Å². The Balaban J connectivity index is 2.02. The van der Waals surface area contributed by atoms with Crippen molar-refractivity contribution in [3.8, 4) is 0 Å². The van der Waals surface area contributed by atoms with Crippen molar-refractivity contribution in [2.45, 2.75) is 51.0 Å². The van der Waals surface area contributed by atoms with Gasteiger partial charge in [-0.05, 0) is 24.3 Å². The van der Waals surface area contributed by atoms with Crippen molar-refractivity contribution in [2.24, 2.45) is 11.7 Å². The number of carbonyl (C=O) groups excluding carboxylic acids is 2. The van der Waals surface area contributed by atoms with Crippen molar-refractivity contribution in [3.63, 3.8) is 0 Å². The number of primary amides is 1. The third kappa shape index (κ3) is 4.03. The maximum absolute atomic E-state index is 12.5. The summed E-state index contributed by atoms with van der Waals surface area (Å²) in [5.41, 5.74) is 6.51. The van der Waals surface area contributed by atoms with Gasteiger partial charge in [-0.25, -0.2) is 4.79 Å². The van der Waals surface area contributed by atoms with Gasteiger partial charge in [-0.15, -0.1) is 0 Å². The topological polar surface area (TPSA) is 84.2 Å². The highest BCUT2D eigenvalue weighted by atomic mass is 16.2. The van der Waals surface area contributed by atoms with Gasteiger partial charge in [0.05, 0.1) is 0 Å². The molecule has 5 heteroatoms. The second-order valence-electron chi connectivity index (χ2n) is 6.59. The van der Waals surface area contributed by atoms with Gasteiger partial charge >= 0.3 is 6.03 Å². The molecule has 2 atom stereocenters. The number of rotatable bonds is 7. The minimum Gasteiger partial charge on any atom is -0.353 e. The van der Waals surface area contributed by atoms with Crippen LogP contribution in [-0.2, 0) is 10.2 Å². The molecule has 1 aromatic carbocycles. The van der Waals surface area contributed by atoms with Gasteiger partial charge in [0.25, 0.3) is 0 Å². The van der Waals surface area contributed by atoms with Gasteiger partial charge in [0.2, 0.25) is 5.91 Å². The summed E-state index contributed by atoms with van der Waals surface area (Å²) in [4.78, 5) is 23.7. The van der Waals surface area contributed by atoms with Crippen LogP contribution in [0.25, 0.3) is 0 Å². The Morgan fingerprint density at radius 3 is 2.39 bits per heavy atom. The number of carbonyl (C=O) groups is 2. The molecule has 0 radical (unpaired) electrons. The molecule has 0 spiro atoms. The lowest BCUT2D eigenvalue weighted by Crippen LogP contribution is -2.54. The number of nitrogens with one attached hydrogen (secondary N) is 2. The normalized spacial score (nSPS) is 18.3. The van der Waals surface area contributed by atoms with Crippen molar-refractivity contribution in [3.05, 3.63) is 35.9 Å². The molecule has 0 bridgehead atoms. The third-order valence-electron chi connectivity index (χ3n) is 5.09. The standard InChI is InChI=1S/C18H27N3O2/c1-3-13(2)15(21-17(19)23)16(22)20-12-18(10-7-11-18)14-8-5-4-6-9-14/h4-6,8-9,13,15H,3,7,10-12H2,1-2H3,(H,20,22)(H3,19,21,23)/t13-,15-/m0/s1. The third-order valence-corrected chi connectivity index (χ3v) is 5.09. The summed E-state index contributed by atoms with van der Waals surface area (Å²) in [5, 5.41) is 5.60. The molecule has 5 nitrogen and oxygen atoms in total. The van der Waals surface area contributed by atoms with Crippen LogP contribution in [0.2, 0.25) is 0 Å². The van der Waals surface area contributed by atoms with E-state index in [0.717, 1.165) is 19.3 Å². The number of hydrogen-bond donors (Lipinski definition) is 3. The number of benzene rings is 1. The minimum atomic E-state index is -0.660. The fourth-order valence-electron chi connectivity index (χ4n) is 3.18. The Morgan fingerprint density at radius 2 is 1.91 bits per heavy atom. The molecule has 0 heterocycles. The zero-order valence-corrected chi connectivity index (χ0v) is 14.0. The number of amides is 3. The second-order valence-corrected chi connectivity index (χ2v) is 6.59. The molecule has 0 saturated heterocycles. The zero-order valence-electron chi connectivity index (χ0n) is 14.0. The van der Waals surface area contributed by atoms with E-state index in [4.69, 9.17) is 5.73 Å². The summed E-state index contributed by atoms with van der Waals surface area (Å²) in [6.45, 7) is 4.53. The summed E-state index contributed by atoms with van der Waals surface area (Å²) >= 11 is 0. The summed E-state index contributed by atoms with van der Waals surface area (Å²) in [7, 11) is 0. The quantitative estimate of drug-likeness (QED) is 0.721. The van der Waals surface area contributed by atoms with Crippen LogP contribution < -0.4 is 16.4 Å². The molecular formula is C18H27N3O2. The smallest absolute Gasteiger partial charge is 0.312 e. The molecule has 0 unspecified atom stereocenters. The largest absolute Gasteiger partial charge is 0.353 e. The first kappa shape index (κ1) is 17.3. The van der Waals surface area contributed by atoms with Crippen LogP contribution in [0.1, 0.15) is 45.1 Å². The van der Waals surface area contributed by atoms with Crippen molar-refractivity contribution in [2.75, 3.05) is 6.54 Å². The molecule has 2 rings (SSSR count). The minimum absolute atomic E-state index is 0.0314. The van der Waals surface area contributed by atoms with Crippen LogP contribution in [0.3, 0.4) is 0 Å². The van der Waals surface area contributed by atoms with Crippen LogP contribution in [0, 0.1) is 5.92 Å². The van der Waals surface area contributed by atoms with Crippen LogP contribution in [0.5, 0.6) is 0 Å². The van der Waals surface area contributed by atoms with Gasteiger partial charge in [0.15, 0.2) is 0 Å². The van der Waals surface area contributed by atoms with Crippen molar-refractivity contribution in [1.29, 1.82) is 0 Å².